The van der Waals surface area contributed by atoms with Gasteiger partial charge in [-0.2, -0.15) is 5.26 Å². The van der Waals surface area contributed by atoms with Gasteiger partial charge >= 0.3 is 0 Å². The molecule has 1 N–H and O–H groups in total. The van der Waals surface area contributed by atoms with Gasteiger partial charge in [0.2, 0.25) is 5.95 Å². The quantitative estimate of drug-likeness (QED) is 0.387. The van der Waals surface area contributed by atoms with E-state index in [1.165, 1.54) is 0 Å². The van der Waals surface area contributed by atoms with Crippen LogP contribution >= 0.6 is 23.2 Å². The van der Waals surface area contributed by atoms with Crippen LogP contribution in [0.3, 0.4) is 0 Å². The monoisotopic (exact) mass is 537 g/mol. The molecule has 9 heteroatoms. The van der Waals surface area contributed by atoms with Crippen molar-refractivity contribution in [1.29, 1.82) is 5.26 Å². The lowest BCUT2D eigenvalue weighted by molar-refractivity contribution is 0.119. The van der Waals surface area contributed by atoms with Gasteiger partial charge in [0.1, 0.15) is 25.0 Å². The summed E-state index contributed by atoms with van der Waals surface area (Å²) in [5.74, 6) is 2.21. The number of hydrogen-bond acceptors (Lipinski definition) is 7. The van der Waals surface area contributed by atoms with Crippen molar-refractivity contribution in [2.24, 2.45) is 5.41 Å². The highest BCUT2D eigenvalue weighted by molar-refractivity contribution is 6.32. The maximum atomic E-state index is 9.64. The first-order valence-corrected chi connectivity index (χ1v) is 13.2. The lowest BCUT2D eigenvalue weighted by Crippen LogP contribution is -2.71. The number of aromatic nitrogens is 2. The molecule has 2 fully saturated rings. The highest BCUT2D eigenvalue weighted by Gasteiger charge is 2.48. The molecule has 0 bridgehead atoms. The summed E-state index contributed by atoms with van der Waals surface area (Å²) in [6.07, 6.45) is 1.79. The largest absolute Gasteiger partial charge is 0.489 e. The maximum absolute atomic E-state index is 9.64. The number of halogens is 2. The van der Waals surface area contributed by atoms with Gasteiger partial charge in [0.25, 0.3) is 0 Å². The van der Waals surface area contributed by atoms with Crippen molar-refractivity contribution in [2.45, 2.75) is 25.9 Å². The topological polar surface area (TPSA) is 83.3 Å². The summed E-state index contributed by atoms with van der Waals surface area (Å²) in [6.45, 7) is 9.02. The summed E-state index contributed by atoms with van der Waals surface area (Å²) < 4.78 is 11.6. The van der Waals surface area contributed by atoms with E-state index < -0.39 is 5.41 Å². The van der Waals surface area contributed by atoms with Gasteiger partial charge in [-0.3, -0.25) is 0 Å². The summed E-state index contributed by atoms with van der Waals surface area (Å²) in [7, 11) is 0. The Labute approximate surface area is 227 Å². The molecule has 3 aromatic rings. The fourth-order valence-electron chi connectivity index (χ4n) is 4.84. The van der Waals surface area contributed by atoms with Crippen LogP contribution in [0.5, 0.6) is 11.5 Å². The van der Waals surface area contributed by atoms with Crippen LogP contribution in [-0.2, 0) is 12.0 Å². The zero-order valence-corrected chi connectivity index (χ0v) is 22.4. The first-order chi connectivity index (χ1) is 17.8. The predicted octanol–water partition coefficient (Wildman–Crippen LogP) is 4.93. The van der Waals surface area contributed by atoms with Gasteiger partial charge in [-0.15, -0.1) is 11.6 Å². The molecular weight excluding hydrogens is 509 g/mol. The van der Waals surface area contributed by atoms with E-state index in [9.17, 15) is 5.26 Å². The summed E-state index contributed by atoms with van der Waals surface area (Å²) >= 11 is 12.2. The van der Waals surface area contributed by atoms with Crippen LogP contribution in [0.1, 0.15) is 36.2 Å². The standard InChI is InChI=1S/C28H29Cl2N5O2/c1-27(2,21-11-19(13-31)25(24(30)12-21)36-10-8-29)20-3-5-23(6-4-20)37-14-22-7-9-33-26(34-22)35-17-28(18-35)15-32-16-28/h3-7,9,11-12,32H,8,10,14-18H2,1-2H3. The minimum atomic E-state index is -0.398. The summed E-state index contributed by atoms with van der Waals surface area (Å²) in [4.78, 5) is 11.4. The number of nitriles is 1. The summed E-state index contributed by atoms with van der Waals surface area (Å²) in [5, 5.41) is 13.4. The van der Waals surface area contributed by atoms with Gasteiger partial charge in [-0.25, -0.2) is 9.97 Å². The molecule has 1 aromatic heterocycles. The van der Waals surface area contributed by atoms with E-state index in [1.54, 1.807) is 6.20 Å². The first kappa shape index (κ1) is 25.6. The maximum Gasteiger partial charge on any atom is 0.225 e. The van der Waals surface area contributed by atoms with Gasteiger partial charge in [-0.1, -0.05) is 37.6 Å². The molecule has 2 aliphatic heterocycles. The van der Waals surface area contributed by atoms with Crippen LogP contribution in [0, 0.1) is 16.7 Å². The Kier molecular flexibility index (Phi) is 7.17. The SMILES string of the molecule is CC(C)(c1ccc(OCc2ccnc(N3CC4(CNC4)C3)n2)cc1)c1cc(Cl)c(OCCCl)c(C#N)c1. The van der Waals surface area contributed by atoms with E-state index >= 15 is 0 Å². The number of hydrogen-bond donors (Lipinski definition) is 1. The van der Waals surface area contributed by atoms with Crippen LogP contribution < -0.4 is 19.7 Å². The highest BCUT2D eigenvalue weighted by atomic mass is 35.5. The third-order valence-electron chi connectivity index (χ3n) is 7.21. The van der Waals surface area contributed by atoms with Gasteiger partial charge in [0, 0.05) is 43.2 Å². The molecule has 0 atom stereocenters. The zero-order chi connectivity index (χ0) is 26.0. The number of alkyl halides is 1. The van der Waals surface area contributed by atoms with Crippen molar-refractivity contribution in [3.8, 4) is 17.6 Å². The minimum absolute atomic E-state index is 0.285. The molecule has 0 unspecified atom stereocenters. The van der Waals surface area contributed by atoms with E-state index in [1.807, 2.05) is 42.5 Å². The van der Waals surface area contributed by atoms with Crippen LogP contribution in [0.4, 0.5) is 5.95 Å². The molecule has 5 rings (SSSR count). The molecule has 37 heavy (non-hydrogen) atoms. The molecule has 2 saturated heterocycles. The molecular formula is C28H29Cl2N5O2. The van der Waals surface area contributed by atoms with E-state index in [0.29, 0.717) is 34.2 Å². The molecule has 7 nitrogen and oxygen atoms in total. The van der Waals surface area contributed by atoms with Crippen LogP contribution in [0.15, 0.2) is 48.7 Å². The van der Waals surface area contributed by atoms with E-state index in [-0.39, 0.29) is 6.61 Å². The van der Waals surface area contributed by atoms with Gasteiger partial charge in [0.05, 0.1) is 22.2 Å². The molecule has 0 amide bonds. The lowest BCUT2D eigenvalue weighted by atomic mass is 9.75. The Morgan fingerprint density at radius 1 is 1.11 bits per heavy atom. The Bertz CT molecular complexity index is 1310. The van der Waals surface area contributed by atoms with Crippen molar-refractivity contribution in [2.75, 3.05) is 43.6 Å². The van der Waals surface area contributed by atoms with E-state index in [4.69, 9.17) is 37.7 Å². The van der Waals surface area contributed by atoms with Gasteiger partial charge in [-0.05, 0) is 41.5 Å². The zero-order valence-electron chi connectivity index (χ0n) is 20.9. The summed E-state index contributed by atoms with van der Waals surface area (Å²) in [6, 6.07) is 15.7. The molecule has 192 valence electrons. The smallest absolute Gasteiger partial charge is 0.225 e. The molecule has 0 radical (unpaired) electrons. The van der Waals surface area contributed by atoms with Gasteiger partial charge < -0.3 is 19.7 Å². The molecule has 1 spiro atoms. The Morgan fingerprint density at radius 2 is 1.86 bits per heavy atom. The predicted molar refractivity (Wildman–Crippen MR) is 145 cm³/mol. The van der Waals surface area contributed by atoms with Crippen molar-refractivity contribution in [3.63, 3.8) is 0 Å². The molecule has 3 heterocycles. The van der Waals surface area contributed by atoms with Crippen LogP contribution in [0.2, 0.25) is 5.02 Å². The fraction of sp³-hybridized carbons (Fsp3) is 0.393. The average Bonchev–Trinajstić information content (AvgIpc) is 2.85. The number of nitrogens with zero attached hydrogens (tertiary/aromatic N) is 4. The number of rotatable bonds is 9. The summed E-state index contributed by atoms with van der Waals surface area (Å²) in [5.41, 5.74) is 3.24. The number of ether oxygens (including phenoxy) is 2. The average molecular weight is 538 g/mol. The van der Waals surface area contributed by atoms with E-state index in [2.05, 4.69) is 35.1 Å². The minimum Gasteiger partial charge on any atom is -0.489 e. The number of anilines is 1. The number of benzene rings is 2. The molecule has 2 aromatic carbocycles. The van der Waals surface area contributed by atoms with Crippen LogP contribution in [0.25, 0.3) is 0 Å². The molecule has 0 aliphatic carbocycles. The highest BCUT2D eigenvalue weighted by Crippen LogP contribution is 2.39. The Morgan fingerprint density at radius 3 is 2.51 bits per heavy atom. The van der Waals surface area contributed by atoms with E-state index in [0.717, 1.165) is 54.7 Å². The van der Waals surface area contributed by atoms with Crippen molar-refractivity contribution in [1.82, 2.24) is 15.3 Å². The van der Waals surface area contributed by atoms with Crippen molar-refractivity contribution in [3.05, 3.63) is 76.1 Å². The normalized spacial score (nSPS) is 16.0. The molecule has 2 aliphatic rings. The van der Waals surface area contributed by atoms with Crippen molar-refractivity contribution >= 4 is 29.2 Å². The number of nitrogens with one attached hydrogen (secondary N) is 1. The second-order valence-corrected chi connectivity index (χ2v) is 11.0. The van der Waals surface area contributed by atoms with Gasteiger partial charge in [0.15, 0.2) is 5.75 Å². The second kappa shape index (κ2) is 10.4. The van der Waals surface area contributed by atoms with Crippen molar-refractivity contribution < 1.29 is 9.47 Å². The lowest BCUT2D eigenvalue weighted by Gasteiger charge is -2.56. The third kappa shape index (κ3) is 5.19. The van der Waals surface area contributed by atoms with Crippen LogP contribution in [-0.4, -0.2) is 48.6 Å². The first-order valence-electron chi connectivity index (χ1n) is 12.3. The Balaban J connectivity index is 1.25. The second-order valence-electron chi connectivity index (χ2n) is 10.2. The molecule has 0 saturated carbocycles. The fourth-order valence-corrected chi connectivity index (χ4v) is 5.19. The Hall–Kier alpha value is -3.05. The third-order valence-corrected chi connectivity index (χ3v) is 7.64.